The Labute approximate surface area is 186 Å². The quantitative estimate of drug-likeness (QED) is 0.663. The van der Waals surface area contributed by atoms with Crippen molar-refractivity contribution in [2.45, 2.75) is 44.8 Å². The van der Waals surface area contributed by atoms with E-state index in [9.17, 15) is 9.18 Å². The second-order valence-electron chi connectivity index (χ2n) is 8.38. The lowest BCUT2D eigenvalue weighted by Crippen LogP contribution is -2.52. The van der Waals surface area contributed by atoms with E-state index in [2.05, 4.69) is 20.3 Å². The van der Waals surface area contributed by atoms with Gasteiger partial charge in [0.15, 0.2) is 5.82 Å². The molecule has 0 unspecified atom stereocenters. The van der Waals surface area contributed by atoms with Gasteiger partial charge in [-0.05, 0) is 30.5 Å². The van der Waals surface area contributed by atoms with Crippen molar-refractivity contribution in [2.24, 2.45) is 0 Å². The third-order valence-electron chi connectivity index (χ3n) is 6.15. The summed E-state index contributed by atoms with van der Waals surface area (Å²) < 4.78 is 14.9. The van der Waals surface area contributed by atoms with Crippen molar-refractivity contribution in [3.05, 3.63) is 59.8 Å². The number of aromatic nitrogens is 4. The summed E-state index contributed by atoms with van der Waals surface area (Å²) in [5.41, 5.74) is 2.73. The number of carbonyl (C=O) groups is 1. The number of nitrogens with zero attached hydrogens (tertiary/aromatic N) is 6. The van der Waals surface area contributed by atoms with E-state index in [1.807, 2.05) is 10.9 Å². The van der Waals surface area contributed by atoms with Crippen LogP contribution in [0, 0.1) is 5.82 Å². The zero-order valence-corrected chi connectivity index (χ0v) is 18.0. The van der Waals surface area contributed by atoms with Gasteiger partial charge >= 0.3 is 0 Å². The lowest BCUT2D eigenvalue weighted by Gasteiger charge is -2.39. The molecule has 2 aliphatic rings. The molecule has 3 aromatic rings. The zero-order chi connectivity index (χ0) is 22.1. The number of likely N-dealkylation sites (N-methyl/N-ethyl adjacent to an activating group) is 1. The molecule has 0 aliphatic carbocycles. The van der Waals surface area contributed by atoms with E-state index in [1.165, 1.54) is 12.1 Å². The molecule has 0 saturated carbocycles. The fourth-order valence-electron chi connectivity index (χ4n) is 4.40. The number of nitrogens with one attached hydrogen (secondary N) is 1. The number of hydrogen-bond donors (Lipinski definition) is 1. The molecule has 1 saturated heterocycles. The Morgan fingerprint density at radius 1 is 1.12 bits per heavy atom. The molecule has 1 fully saturated rings. The van der Waals surface area contributed by atoms with Crippen LogP contribution < -0.4 is 15.1 Å². The van der Waals surface area contributed by atoms with Gasteiger partial charge < -0.3 is 15.1 Å². The SMILES string of the molecule is CN1C(=O)[C@@H]2CCCCCN2c2nc(NCc3cnn(Cc4ccc(F)cc4)c3)ncc21. The van der Waals surface area contributed by atoms with Crippen LogP contribution in [0.3, 0.4) is 0 Å². The van der Waals surface area contributed by atoms with Gasteiger partial charge in [-0.25, -0.2) is 9.37 Å². The molecule has 2 aliphatic heterocycles. The standard InChI is InChI=1S/C23H26FN7O/c1-29-20-13-26-23(28-21(20)31-10-4-2-3-5-19(31)22(29)32)25-11-17-12-27-30(15-17)14-16-6-8-18(24)9-7-16/h6-9,12-13,15,19H,2-5,10-11,14H2,1H3,(H,25,26,28)/t19-/m0/s1. The molecule has 0 radical (unpaired) electrons. The summed E-state index contributed by atoms with van der Waals surface area (Å²) in [5, 5.41) is 7.67. The van der Waals surface area contributed by atoms with Gasteiger partial charge in [0.1, 0.15) is 17.5 Å². The number of carbonyl (C=O) groups excluding carboxylic acids is 1. The summed E-state index contributed by atoms with van der Waals surface area (Å²) >= 11 is 0. The minimum absolute atomic E-state index is 0.122. The largest absolute Gasteiger partial charge is 0.350 e. The first-order chi connectivity index (χ1) is 15.6. The number of fused-ring (bicyclic) bond motifs is 3. The van der Waals surface area contributed by atoms with Crippen LogP contribution in [-0.4, -0.2) is 45.3 Å². The molecule has 2 aromatic heterocycles. The number of amides is 1. The fraction of sp³-hybridized carbons (Fsp3) is 0.391. The topological polar surface area (TPSA) is 79.2 Å². The highest BCUT2D eigenvalue weighted by atomic mass is 19.1. The minimum Gasteiger partial charge on any atom is -0.350 e. The summed E-state index contributed by atoms with van der Waals surface area (Å²) in [6, 6.07) is 6.28. The van der Waals surface area contributed by atoms with Gasteiger partial charge in [0.2, 0.25) is 11.9 Å². The molecule has 166 valence electrons. The molecule has 5 rings (SSSR count). The predicted molar refractivity (Wildman–Crippen MR) is 120 cm³/mol. The van der Waals surface area contributed by atoms with E-state index in [1.54, 1.807) is 36.5 Å². The Bertz CT molecular complexity index is 1110. The van der Waals surface area contributed by atoms with Gasteiger partial charge in [0, 0.05) is 31.9 Å². The summed E-state index contributed by atoms with van der Waals surface area (Å²) in [6.45, 7) is 1.94. The normalized spacial score (nSPS) is 18.2. The Kier molecular flexibility index (Phi) is 5.46. The van der Waals surface area contributed by atoms with Crippen LogP contribution >= 0.6 is 0 Å². The molecule has 1 amide bonds. The molecule has 1 aromatic carbocycles. The van der Waals surface area contributed by atoms with Crippen LogP contribution in [0.25, 0.3) is 0 Å². The number of hydrogen-bond acceptors (Lipinski definition) is 6. The molecule has 32 heavy (non-hydrogen) atoms. The molecule has 4 heterocycles. The Balaban J connectivity index is 1.29. The summed E-state index contributed by atoms with van der Waals surface area (Å²) in [7, 11) is 1.80. The highest BCUT2D eigenvalue weighted by Gasteiger charge is 2.38. The first-order valence-electron chi connectivity index (χ1n) is 11.0. The van der Waals surface area contributed by atoms with Crippen LogP contribution in [0.4, 0.5) is 21.8 Å². The molecule has 0 bridgehead atoms. The first kappa shape index (κ1) is 20.4. The average Bonchev–Trinajstić information content (AvgIpc) is 3.10. The second kappa shape index (κ2) is 8.57. The van der Waals surface area contributed by atoms with Crippen molar-refractivity contribution in [3.63, 3.8) is 0 Å². The third-order valence-corrected chi connectivity index (χ3v) is 6.15. The van der Waals surface area contributed by atoms with E-state index in [0.29, 0.717) is 19.0 Å². The van der Waals surface area contributed by atoms with E-state index in [0.717, 1.165) is 54.9 Å². The number of anilines is 3. The van der Waals surface area contributed by atoms with Gasteiger partial charge in [-0.3, -0.25) is 9.48 Å². The van der Waals surface area contributed by atoms with Crippen molar-refractivity contribution in [1.29, 1.82) is 0 Å². The monoisotopic (exact) mass is 435 g/mol. The second-order valence-corrected chi connectivity index (χ2v) is 8.38. The summed E-state index contributed by atoms with van der Waals surface area (Å²) in [4.78, 5) is 25.8. The molecule has 9 heteroatoms. The van der Waals surface area contributed by atoms with Gasteiger partial charge in [-0.15, -0.1) is 0 Å². The van der Waals surface area contributed by atoms with Crippen LogP contribution in [0.5, 0.6) is 0 Å². The number of rotatable bonds is 5. The first-order valence-corrected chi connectivity index (χ1v) is 11.0. The Hall–Kier alpha value is -3.49. The molecular weight excluding hydrogens is 409 g/mol. The van der Waals surface area contributed by atoms with Crippen LogP contribution in [0.2, 0.25) is 0 Å². The molecule has 1 N–H and O–H groups in total. The smallest absolute Gasteiger partial charge is 0.249 e. The molecular formula is C23H26FN7O. The molecule has 8 nitrogen and oxygen atoms in total. The number of halogens is 1. The highest BCUT2D eigenvalue weighted by Crippen LogP contribution is 2.36. The van der Waals surface area contributed by atoms with Crippen molar-refractivity contribution in [1.82, 2.24) is 19.7 Å². The predicted octanol–water partition coefficient (Wildman–Crippen LogP) is 3.20. The third kappa shape index (κ3) is 4.02. The van der Waals surface area contributed by atoms with Crippen molar-refractivity contribution >= 4 is 23.4 Å². The minimum atomic E-state index is -0.244. The van der Waals surface area contributed by atoms with E-state index in [4.69, 9.17) is 4.98 Å². The highest BCUT2D eigenvalue weighted by molar-refractivity contribution is 6.04. The van der Waals surface area contributed by atoms with E-state index in [-0.39, 0.29) is 17.8 Å². The van der Waals surface area contributed by atoms with Crippen LogP contribution in [-0.2, 0) is 17.9 Å². The average molecular weight is 436 g/mol. The Morgan fingerprint density at radius 2 is 1.97 bits per heavy atom. The molecule has 1 atom stereocenters. The maximum atomic E-state index is 13.1. The van der Waals surface area contributed by atoms with E-state index >= 15 is 0 Å². The van der Waals surface area contributed by atoms with Gasteiger partial charge in [0.25, 0.3) is 0 Å². The van der Waals surface area contributed by atoms with Crippen LogP contribution in [0.1, 0.15) is 36.8 Å². The van der Waals surface area contributed by atoms with Gasteiger partial charge in [0.05, 0.1) is 18.9 Å². The maximum absolute atomic E-state index is 13.1. The van der Waals surface area contributed by atoms with Gasteiger partial charge in [-0.2, -0.15) is 10.1 Å². The number of benzene rings is 1. The van der Waals surface area contributed by atoms with Crippen molar-refractivity contribution in [3.8, 4) is 0 Å². The summed E-state index contributed by atoms with van der Waals surface area (Å²) in [5.74, 6) is 1.23. The molecule has 0 spiro atoms. The zero-order valence-electron chi connectivity index (χ0n) is 18.0. The summed E-state index contributed by atoms with van der Waals surface area (Å²) in [6.07, 6.45) is 9.60. The van der Waals surface area contributed by atoms with Crippen LogP contribution in [0.15, 0.2) is 42.9 Å². The lowest BCUT2D eigenvalue weighted by molar-refractivity contribution is -0.120. The Morgan fingerprint density at radius 3 is 2.81 bits per heavy atom. The van der Waals surface area contributed by atoms with Crippen molar-refractivity contribution in [2.75, 3.05) is 28.7 Å². The van der Waals surface area contributed by atoms with E-state index < -0.39 is 0 Å². The maximum Gasteiger partial charge on any atom is 0.249 e. The van der Waals surface area contributed by atoms with Gasteiger partial charge in [-0.1, -0.05) is 25.0 Å². The lowest BCUT2D eigenvalue weighted by atomic mass is 10.1. The fourth-order valence-corrected chi connectivity index (χ4v) is 4.40. The van der Waals surface area contributed by atoms with Crippen molar-refractivity contribution < 1.29 is 9.18 Å².